The SMILES string of the molecule is COc1cc(NC(=S)Nc2ccc(C)cc2OC(F)F)cc(OC)c1. The normalized spacial score (nSPS) is 10.3. The Hall–Kier alpha value is -2.61. The van der Waals surface area contributed by atoms with E-state index in [1.54, 1.807) is 37.3 Å². The molecule has 0 aliphatic rings. The molecule has 0 aliphatic carbocycles. The lowest BCUT2D eigenvalue weighted by Crippen LogP contribution is -2.20. The van der Waals surface area contributed by atoms with E-state index in [1.165, 1.54) is 20.3 Å². The Balaban J connectivity index is 2.15. The molecule has 2 N–H and O–H groups in total. The average molecular weight is 368 g/mol. The maximum Gasteiger partial charge on any atom is 0.387 e. The second kappa shape index (κ2) is 8.48. The van der Waals surface area contributed by atoms with Crippen LogP contribution in [0.5, 0.6) is 17.2 Å². The second-order valence-corrected chi connectivity index (χ2v) is 5.47. The number of alkyl halides is 2. The van der Waals surface area contributed by atoms with Gasteiger partial charge >= 0.3 is 6.61 Å². The van der Waals surface area contributed by atoms with Gasteiger partial charge in [0.1, 0.15) is 17.2 Å². The van der Waals surface area contributed by atoms with Crippen LogP contribution in [0.2, 0.25) is 0 Å². The number of hydrogen-bond donors (Lipinski definition) is 2. The van der Waals surface area contributed by atoms with Gasteiger partial charge in [-0.25, -0.2) is 0 Å². The molecule has 0 bridgehead atoms. The van der Waals surface area contributed by atoms with Gasteiger partial charge in [-0.05, 0) is 36.8 Å². The maximum absolute atomic E-state index is 12.6. The van der Waals surface area contributed by atoms with Crippen LogP contribution in [-0.2, 0) is 0 Å². The highest BCUT2D eigenvalue weighted by molar-refractivity contribution is 7.80. The molecule has 0 aliphatic heterocycles. The number of benzene rings is 2. The Morgan fingerprint density at radius 2 is 1.64 bits per heavy atom. The summed E-state index contributed by atoms with van der Waals surface area (Å²) < 4.78 is 40.0. The lowest BCUT2D eigenvalue weighted by Gasteiger charge is -2.16. The maximum atomic E-state index is 12.6. The number of halogens is 2. The molecule has 134 valence electrons. The molecule has 0 aromatic heterocycles. The number of thiocarbonyl (C=S) groups is 1. The summed E-state index contributed by atoms with van der Waals surface area (Å²) >= 11 is 5.24. The predicted octanol–water partition coefficient (Wildman–Crippen LogP) is 4.42. The highest BCUT2D eigenvalue weighted by Crippen LogP contribution is 2.29. The summed E-state index contributed by atoms with van der Waals surface area (Å²) in [5.41, 5.74) is 1.74. The second-order valence-electron chi connectivity index (χ2n) is 5.06. The molecule has 2 aromatic carbocycles. The van der Waals surface area contributed by atoms with Crippen LogP contribution in [0.25, 0.3) is 0 Å². The molecule has 25 heavy (non-hydrogen) atoms. The third kappa shape index (κ3) is 5.46. The zero-order chi connectivity index (χ0) is 18.4. The first-order valence-corrected chi connectivity index (χ1v) is 7.68. The zero-order valence-corrected chi connectivity index (χ0v) is 14.7. The van der Waals surface area contributed by atoms with Crippen LogP contribution in [-0.4, -0.2) is 25.9 Å². The van der Waals surface area contributed by atoms with Crippen LogP contribution in [0.15, 0.2) is 36.4 Å². The van der Waals surface area contributed by atoms with Gasteiger partial charge in [0, 0.05) is 23.9 Å². The largest absolute Gasteiger partial charge is 0.497 e. The van der Waals surface area contributed by atoms with Crippen LogP contribution in [0.3, 0.4) is 0 Å². The van der Waals surface area contributed by atoms with Gasteiger partial charge in [-0.15, -0.1) is 0 Å². The molecule has 0 atom stereocenters. The van der Waals surface area contributed by atoms with Crippen molar-refractivity contribution in [3.63, 3.8) is 0 Å². The van der Waals surface area contributed by atoms with Gasteiger partial charge in [0.05, 0.1) is 19.9 Å². The smallest absolute Gasteiger partial charge is 0.387 e. The molecule has 0 heterocycles. The summed E-state index contributed by atoms with van der Waals surface area (Å²) in [6.45, 7) is -1.15. The van der Waals surface area contributed by atoms with Crippen LogP contribution >= 0.6 is 12.2 Å². The van der Waals surface area contributed by atoms with Gasteiger partial charge in [0.2, 0.25) is 0 Å². The summed E-state index contributed by atoms with van der Waals surface area (Å²) in [7, 11) is 3.07. The summed E-state index contributed by atoms with van der Waals surface area (Å²) in [6, 6.07) is 10.1. The number of aryl methyl sites for hydroxylation is 1. The summed E-state index contributed by atoms with van der Waals surface area (Å²) in [4.78, 5) is 0. The Labute approximate surface area is 149 Å². The van der Waals surface area contributed by atoms with E-state index in [0.717, 1.165) is 5.56 Å². The lowest BCUT2D eigenvalue weighted by molar-refractivity contribution is -0.0493. The van der Waals surface area contributed by atoms with Crippen molar-refractivity contribution in [3.8, 4) is 17.2 Å². The first-order valence-electron chi connectivity index (χ1n) is 7.28. The number of ether oxygens (including phenoxy) is 3. The quantitative estimate of drug-likeness (QED) is 0.736. The topological polar surface area (TPSA) is 51.8 Å². The fraction of sp³-hybridized carbons (Fsp3) is 0.235. The predicted molar refractivity (Wildman–Crippen MR) is 97.2 cm³/mol. The summed E-state index contributed by atoms with van der Waals surface area (Å²) in [5, 5.41) is 6.01. The van der Waals surface area contributed by atoms with Gasteiger partial charge in [0.15, 0.2) is 5.11 Å². The van der Waals surface area contributed by atoms with Gasteiger partial charge in [0.25, 0.3) is 0 Å². The van der Waals surface area contributed by atoms with Crippen LogP contribution in [0, 0.1) is 6.92 Å². The lowest BCUT2D eigenvalue weighted by atomic mass is 10.2. The Morgan fingerprint density at radius 3 is 2.20 bits per heavy atom. The van der Waals surface area contributed by atoms with E-state index in [1.807, 2.05) is 0 Å². The molecule has 2 rings (SSSR count). The van der Waals surface area contributed by atoms with Crippen molar-refractivity contribution in [1.29, 1.82) is 0 Å². The van der Waals surface area contributed by atoms with Gasteiger partial charge in [-0.3, -0.25) is 0 Å². The monoisotopic (exact) mass is 368 g/mol. The Morgan fingerprint density at radius 1 is 1.00 bits per heavy atom. The van der Waals surface area contributed by atoms with Crippen molar-refractivity contribution in [1.82, 2.24) is 0 Å². The minimum atomic E-state index is -2.92. The third-order valence-corrected chi connectivity index (χ3v) is 3.41. The summed E-state index contributed by atoms with van der Waals surface area (Å²) in [6.07, 6.45) is 0. The number of anilines is 2. The van der Waals surface area contributed by atoms with Crippen molar-refractivity contribution in [3.05, 3.63) is 42.0 Å². The molecule has 5 nitrogen and oxygen atoms in total. The molecule has 0 saturated carbocycles. The zero-order valence-electron chi connectivity index (χ0n) is 13.9. The van der Waals surface area contributed by atoms with Crippen molar-refractivity contribution in [2.75, 3.05) is 24.9 Å². The molecule has 0 saturated heterocycles. The number of hydrogen-bond acceptors (Lipinski definition) is 4. The first kappa shape index (κ1) is 18.7. The number of nitrogens with one attached hydrogen (secondary N) is 2. The fourth-order valence-corrected chi connectivity index (χ4v) is 2.32. The van der Waals surface area contributed by atoms with Crippen molar-refractivity contribution in [2.24, 2.45) is 0 Å². The summed E-state index contributed by atoms with van der Waals surface area (Å²) in [5.74, 6) is 1.19. The van der Waals surface area contributed by atoms with Crippen molar-refractivity contribution in [2.45, 2.75) is 13.5 Å². The highest BCUT2D eigenvalue weighted by atomic mass is 32.1. The van der Waals surface area contributed by atoms with Crippen molar-refractivity contribution < 1.29 is 23.0 Å². The van der Waals surface area contributed by atoms with E-state index in [-0.39, 0.29) is 10.9 Å². The van der Waals surface area contributed by atoms with E-state index in [9.17, 15) is 8.78 Å². The van der Waals surface area contributed by atoms with Crippen LogP contribution < -0.4 is 24.8 Å². The fourth-order valence-electron chi connectivity index (χ4n) is 2.09. The van der Waals surface area contributed by atoms with E-state index >= 15 is 0 Å². The van der Waals surface area contributed by atoms with Crippen LogP contribution in [0.4, 0.5) is 20.2 Å². The van der Waals surface area contributed by atoms with E-state index in [2.05, 4.69) is 15.4 Å². The van der Waals surface area contributed by atoms with E-state index in [0.29, 0.717) is 22.9 Å². The van der Waals surface area contributed by atoms with Gasteiger partial charge < -0.3 is 24.8 Å². The highest BCUT2D eigenvalue weighted by Gasteiger charge is 2.12. The third-order valence-electron chi connectivity index (χ3n) is 3.21. The number of rotatable bonds is 6. The van der Waals surface area contributed by atoms with Gasteiger partial charge in [-0.2, -0.15) is 8.78 Å². The van der Waals surface area contributed by atoms with Crippen molar-refractivity contribution >= 4 is 28.7 Å². The Kier molecular flexibility index (Phi) is 6.35. The first-order chi connectivity index (χ1) is 11.9. The minimum Gasteiger partial charge on any atom is -0.497 e. The Bertz CT molecular complexity index is 734. The molecular weight excluding hydrogens is 350 g/mol. The number of methoxy groups -OCH3 is 2. The van der Waals surface area contributed by atoms with E-state index in [4.69, 9.17) is 21.7 Å². The molecule has 0 amide bonds. The molecule has 0 fully saturated rings. The molecule has 0 radical (unpaired) electrons. The standard InChI is InChI=1S/C17H18F2N2O3S/c1-10-4-5-14(15(6-10)24-16(18)19)21-17(25)20-11-7-12(22-2)9-13(8-11)23-3/h4-9,16H,1-3H3,(H2,20,21,25). The molecular formula is C17H18F2N2O3S. The van der Waals surface area contributed by atoms with Crippen LogP contribution in [0.1, 0.15) is 5.56 Å². The molecule has 0 unspecified atom stereocenters. The minimum absolute atomic E-state index is 0.0161. The average Bonchev–Trinajstić information content (AvgIpc) is 2.56. The van der Waals surface area contributed by atoms with Gasteiger partial charge in [-0.1, -0.05) is 6.07 Å². The molecule has 8 heteroatoms. The van der Waals surface area contributed by atoms with E-state index < -0.39 is 6.61 Å². The molecule has 2 aromatic rings. The molecule has 0 spiro atoms.